The molecule has 3 nitrogen and oxygen atoms in total. The van der Waals surface area contributed by atoms with Gasteiger partial charge in [-0.15, -0.1) is 0 Å². The minimum atomic E-state index is 0.666. The Kier molecular flexibility index (Phi) is 2.45. The molecule has 1 aromatic heterocycles. The van der Waals surface area contributed by atoms with Gasteiger partial charge in [-0.2, -0.15) is 5.10 Å². The number of halogens is 1. The van der Waals surface area contributed by atoms with Crippen molar-refractivity contribution in [1.82, 2.24) is 10.2 Å². The fourth-order valence-electron chi connectivity index (χ4n) is 0.858. The summed E-state index contributed by atoms with van der Waals surface area (Å²) in [7, 11) is 0. The highest BCUT2D eigenvalue weighted by Crippen LogP contribution is 2.16. The number of aryl methyl sites for hydroxylation is 1. The van der Waals surface area contributed by atoms with Crippen LogP contribution in [0.15, 0.2) is 4.60 Å². The van der Waals surface area contributed by atoms with Crippen molar-refractivity contribution in [2.45, 2.75) is 13.3 Å². The highest BCUT2D eigenvalue weighted by Gasteiger charge is 2.04. The van der Waals surface area contributed by atoms with Crippen LogP contribution in [0.4, 0.5) is 0 Å². The SMILES string of the molecule is Cc1[nH]nc(Br)c1CCN. The largest absolute Gasteiger partial charge is 0.330 e. The molecule has 0 aromatic carbocycles. The maximum Gasteiger partial charge on any atom is 0.131 e. The normalized spacial score (nSPS) is 10.3. The molecular formula is C6H10BrN3. The van der Waals surface area contributed by atoms with Gasteiger partial charge in [-0.05, 0) is 35.8 Å². The molecule has 3 N–H and O–H groups in total. The zero-order valence-corrected chi connectivity index (χ0v) is 7.40. The van der Waals surface area contributed by atoms with Gasteiger partial charge in [0, 0.05) is 11.3 Å². The summed E-state index contributed by atoms with van der Waals surface area (Å²) >= 11 is 3.32. The summed E-state index contributed by atoms with van der Waals surface area (Å²) in [4.78, 5) is 0. The van der Waals surface area contributed by atoms with E-state index in [9.17, 15) is 0 Å². The van der Waals surface area contributed by atoms with E-state index in [2.05, 4.69) is 26.1 Å². The van der Waals surface area contributed by atoms with Crippen molar-refractivity contribution in [3.8, 4) is 0 Å². The number of nitrogens with one attached hydrogen (secondary N) is 1. The van der Waals surface area contributed by atoms with Gasteiger partial charge in [0.2, 0.25) is 0 Å². The highest BCUT2D eigenvalue weighted by atomic mass is 79.9. The molecule has 10 heavy (non-hydrogen) atoms. The van der Waals surface area contributed by atoms with E-state index >= 15 is 0 Å². The number of hydrogen-bond donors (Lipinski definition) is 2. The number of nitrogens with zero attached hydrogens (tertiary/aromatic N) is 1. The summed E-state index contributed by atoms with van der Waals surface area (Å²) in [5, 5.41) is 6.84. The van der Waals surface area contributed by atoms with Gasteiger partial charge in [0.25, 0.3) is 0 Å². The van der Waals surface area contributed by atoms with Crippen molar-refractivity contribution in [2.75, 3.05) is 6.54 Å². The van der Waals surface area contributed by atoms with Gasteiger partial charge in [0.05, 0.1) is 0 Å². The van der Waals surface area contributed by atoms with Gasteiger partial charge in [-0.3, -0.25) is 5.10 Å². The van der Waals surface area contributed by atoms with Crippen LogP contribution in [0.2, 0.25) is 0 Å². The van der Waals surface area contributed by atoms with E-state index in [1.165, 1.54) is 5.56 Å². The first-order chi connectivity index (χ1) is 4.75. The van der Waals surface area contributed by atoms with E-state index < -0.39 is 0 Å². The number of hydrogen-bond acceptors (Lipinski definition) is 2. The Morgan fingerprint density at radius 1 is 1.70 bits per heavy atom. The molecule has 4 heteroatoms. The molecule has 0 bridgehead atoms. The molecule has 0 atom stereocenters. The van der Waals surface area contributed by atoms with Crippen molar-refractivity contribution in [3.63, 3.8) is 0 Å². The third kappa shape index (κ3) is 1.38. The van der Waals surface area contributed by atoms with Crippen LogP contribution in [0.25, 0.3) is 0 Å². The van der Waals surface area contributed by atoms with Crippen LogP contribution in [0.3, 0.4) is 0 Å². The van der Waals surface area contributed by atoms with Gasteiger partial charge in [0.15, 0.2) is 0 Å². The van der Waals surface area contributed by atoms with E-state index in [4.69, 9.17) is 5.73 Å². The molecule has 0 aliphatic rings. The first kappa shape index (κ1) is 7.75. The van der Waals surface area contributed by atoms with Crippen molar-refractivity contribution in [2.24, 2.45) is 5.73 Å². The lowest BCUT2D eigenvalue weighted by molar-refractivity contribution is 0.953. The van der Waals surface area contributed by atoms with Crippen LogP contribution in [0.5, 0.6) is 0 Å². The summed E-state index contributed by atoms with van der Waals surface area (Å²) in [5.41, 5.74) is 7.67. The van der Waals surface area contributed by atoms with Crippen LogP contribution in [-0.4, -0.2) is 16.7 Å². The Morgan fingerprint density at radius 2 is 2.40 bits per heavy atom. The van der Waals surface area contributed by atoms with Gasteiger partial charge >= 0.3 is 0 Å². The molecule has 0 amide bonds. The number of aromatic amines is 1. The molecule has 0 unspecified atom stereocenters. The summed E-state index contributed by atoms with van der Waals surface area (Å²) in [6.07, 6.45) is 0.878. The van der Waals surface area contributed by atoms with Crippen LogP contribution >= 0.6 is 15.9 Å². The maximum absolute atomic E-state index is 5.40. The van der Waals surface area contributed by atoms with Crippen LogP contribution in [-0.2, 0) is 6.42 Å². The molecule has 0 fully saturated rings. The summed E-state index contributed by atoms with van der Waals surface area (Å²) < 4.78 is 0.885. The van der Waals surface area contributed by atoms with Gasteiger partial charge in [-0.1, -0.05) is 0 Å². The quantitative estimate of drug-likeness (QED) is 0.754. The van der Waals surface area contributed by atoms with Crippen molar-refractivity contribution in [3.05, 3.63) is 15.9 Å². The zero-order valence-electron chi connectivity index (χ0n) is 5.82. The Labute approximate surface area is 68.1 Å². The second kappa shape index (κ2) is 3.16. The molecule has 1 rings (SSSR count). The Balaban J connectivity index is 2.87. The predicted octanol–water partition coefficient (Wildman–Crippen LogP) is 0.982. The number of nitrogens with two attached hydrogens (primary N) is 1. The maximum atomic E-state index is 5.40. The lowest BCUT2D eigenvalue weighted by Crippen LogP contribution is -2.03. The van der Waals surface area contributed by atoms with Crippen molar-refractivity contribution >= 4 is 15.9 Å². The molecule has 0 radical (unpaired) electrons. The van der Waals surface area contributed by atoms with Crippen molar-refractivity contribution in [1.29, 1.82) is 0 Å². The average Bonchev–Trinajstić information content (AvgIpc) is 2.20. The fraction of sp³-hybridized carbons (Fsp3) is 0.500. The lowest BCUT2D eigenvalue weighted by atomic mass is 10.2. The third-order valence-corrected chi connectivity index (χ3v) is 2.07. The second-order valence-electron chi connectivity index (χ2n) is 2.16. The fourth-order valence-corrected chi connectivity index (χ4v) is 1.44. The molecule has 0 spiro atoms. The molecule has 1 aromatic rings. The molecule has 56 valence electrons. The standard InChI is InChI=1S/C6H10BrN3/c1-4-5(2-3-8)6(7)10-9-4/h2-3,8H2,1H3,(H,9,10). The minimum Gasteiger partial charge on any atom is -0.330 e. The molecule has 1 heterocycles. The average molecular weight is 204 g/mol. The van der Waals surface area contributed by atoms with Gasteiger partial charge in [-0.25, -0.2) is 0 Å². The van der Waals surface area contributed by atoms with E-state index in [0.29, 0.717) is 6.54 Å². The number of aromatic nitrogens is 2. The lowest BCUT2D eigenvalue weighted by Gasteiger charge is -1.94. The van der Waals surface area contributed by atoms with Crippen LogP contribution < -0.4 is 5.73 Å². The first-order valence-electron chi connectivity index (χ1n) is 3.15. The predicted molar refractivity (Wildman–Crippen MR) is 43.8 cm³/mol. The highest BCUT2D eigenvalue weighted by molar-refractivity contribution is 9.10. The third-order valence-electron chi connectivity index (χ3n) is 1.42. The molecule has 0 saturated carbocycles. The summed E-state index contributed by atoms with van der Waals surface area (Å²) in [5.74, 6) is 0. The van der Waals surface area contributed by atoms with E-state index in [1.54, 1.807) is 0 Å². The van der Waals surface area contributed by atoms with Crippen molar-refractivity contribution < 1.29 is 0 Å². The van der Waals surface area contributed by atoms with E-state index in [-0.39, 0.29) is 0 Å². The van der Waals surface area contributed by atoms with Crippen LogP contribution in [0.1, 0.15) is 11.3 Å². The van der Waals surface area contributed by atoms with E-state index in [1.807, 2.05) is 6.92 Å². The number of H-pyrrole nitrogens is 1. The molecular weight excluding hydrogens is 194 g/mol. The molecule has 0 aliphatic carbocycles. The summed E-state index contributed by atoms with van der Waals surface area (Å²) in [6, 6.07) is 0. The first-order valence-corrected chi connectivity index (χ1v) is 3.94. The van der Waals surface area contributed by atoms with Gasteiger partial charge < -0.3 is 5.73 Å². The molecule has 0 aliphatic heterocycles. The summed E-state index contributed by atoms with van der Waals surface area (Å²) in [6.45, 7) is 2.65. The Morgan fingerprint density at radius 3 is 2.80 bits per heavy atom. The van der Waals surface area contributed by atoms with Crippen LogP contribution in [0, 0.1) is 6.92 Å². The Hall–Kier alpha value is -0.350. The smallest absolute Gasteiger partial charge is 0.131 e. The topological polar surface area (TPSA) is 54.7 Å². The Bertz CT molecular complexity index is 199. The second-order valence-corrected chi connectivity index (χ2v) is 2.91. The number of rotatable bonds is 2. The zero-order chi connectivity index (χ0) is 7.56. The van der Waals surface area contributed by atoms with Gasteiger partial charge in [0.1, 0.15) is 4.60 Å². The van der Waals surface area contributed by atoms with E-state index in [0.717, 1.165) is 16.7 Å². The monoisotopic (exact) mass is 203 g/mol. The minimum absolute atomic E-state index is 0.666. The molecule has 0 saturated heterocycles.